The normalized spacial score (nSPS) is 10.2. The molecule has 2 nitrogen and oxygen atoms in total. The molecule has 13 heavy (non-hydrogen) atoms. The van der Waals surface area contributed by atoms with Gasteiger partial charge in [0.05, 0.1) is 7.11 Å². The van der Waals surface area contributed by atoms with Gasteiger partial charge in [-0.3, -0.25) is 0 Å². The second kappa shape index (κ2) is 3.69. The van der Waals surface area contributed by atoms with Crippen molar-refractivity contribution in [3.63, 3.8) is 0 Å². The maximum absolute atomic E-state index is 9.58. The van der Waals surface area contributed by atoms with Crippen LogP contribution in [0.3, 0.4) is 0 Å². The van der Waals surface area contributed by atoms with Crippen molar-refractivity contribution in [1.29, 1.82) is 0 Å². The number of hydrogen-bond acceptors (Lipinski definition) is 2. The van der Waals surface area contributed by atoms with E-state index in [9.17, 15) is 5.11 Å². The molecule has 0 aliphatic carbocycles. The average Bonchev–Trinajstić information content (AvgIpc) is 2.13. The van der Waals surface area contributed by atoms with E-state index >= 15 is 0 Å². The molecular weight excluding hydrogens is 164 g/mol. The molecule has 1 aromatic carbocycles. The highest BCUT2D eigenvalue weighted by molar-refractivity contribution is 5.51. The molecule has 1 aromatic rings. The molecule has 2 heteroatoms. The van der Waals surface area contributed by atoms with Crippen LogP contribution in [-0.2, 0) is 6.42 Å². The number of ether oxygens (including phenoxy) is 1. The minimum atomic E-state index is 0.357. The van der Waals surface area contributed by atoms with Gasteiger partial charge in [0.2, 0.25) is 0 Å². The van der Waals surface area contributed by atoms with E-state index in [1.54, 1.807) is 13.2 Å². The second-order valence-corrected chi connectivity index (χ2v) is 3.19. The summed E-state index contributed by atoms with van der Waals surface area (Å²) < 4.78 is 5.29. The number of hydrogen-bond donors (Lipinski definition) is 1. The minimum absolute atomic E-state index is 0.357. The summed E-state index contributed by atoms with van der Waals surface area (Å²) >= 11 is 0. The third-order valence-corrected chi connectivity index (χ3v) is 2.47. The molecule has 0 aliphatic rings. The SMILES string of the molecule is CCc1cc(O)c(C)c(C)c1OC. The van der Waals surface area contributed by atoms with Gasteiger partial charge in [-0.1, -0.05) is 6.92 Å². The molecule has 0 saturated heterocycles. The third-order valence-electron chi connectivity index (χ3n) is 2.47. The van der Waals surface area contributed by atoms with E-state index in [0.717, 1.165) is 28.9 Å². The molecule has 0 amide bonds. The highest BCUT2D eigenvalue weighted by atomic mass is 16.5. The van der Waals surface area contributed by atoms with Crippen LogP contribution in [0.25, 0.3) is 0 Å². The fraction of sp³-hybridized carbons (Fsp3) is 0.455. The molecule has 1 rings (SSSR count). The summed E-state index contributed by atoms with van der Waals surface area (Å²) in [6.45, 7) is 5.91. The van der Waals surface area contributed by atoms with Gasteiger partial charge in [0.25, 0.3) is 0 Å². The van der Waals surface area contributed by atoms with Crippen LogP contribution in [0.1, 0.15) is 23.6 Å². The van der Waals surface area contributed by atoms with E-state index in [2.05, 4.69) is 0 Å². The number of aromatic hydroxyl groups is 1. The predicted octanol–water partition coefficient (Wildman–Crippen LogP) is 2.58. The lowest BCUT2D eigenvalue weighted by molar-refractivity contribution is 0.403. The lowest BCUT2D eigenvalue weighted by atomic mass is 10.0. The number of methoxy groups -OCH3 is 1. The molecule has 0 radical (unpaired) electrons. The number of benzene rings is 1. The van der Waals surface area contributed by atoms with E-state index in [0.29, 0.717) is 5.75 Å². The van der Waals surface area contributed by atoms with Crippen LogP contribution in [0.2, 0.25) is 0 Å². The van der Waals surface area contributed by atoms with Crippen molar-refractivity contribution in [2.75, 3.05) is 7.11 Å². The van der Waals surface area contributed by atoms with Crippen LogP contribution in [-0.4, -0.2) is 12.2 Å². The Bertz CT molecular complexity index is 316. The summed E-state index contributed by atoms with van der Waals surface area (Å²) in [6.07, 6.45) is 0.873. The van der Waals surface area contributed by atoms with Gasteiger partial charge >= 0.3 is 0 Å². The van der Waals surface area contributed by atoms with Gasteiger partial charge in [0, 0.05) is 0 Å². The first kappa shape index (κ1) is 9.90. The van der Waals surface area contributed by atoms with Crippen LogP contribution in [0.5, 0.6) is 11.5 Å². The fourth-order valence-corrected chi connectivity index (χ4v) is 1.49. The second-order valence-electron chi connectivity index (χ2n) is 3.19. The van der Waals surface area contributed by atoms with Crippen molar-refractivity contribution < 1.29 is 9.84 Å². The lowest BCUT2D eigenvalue weighted by Gasteiger charge is -2.13. The van der Waals surface area contributed by atoms with Gasteiger partial charge in [0.15, 0.2) is 0 Å². The smallest absolute Gasteiger partial charge is 0.125 e. The zero-order valence-electron chi connectivity index (χ0n) is 8.64. The van der Waals surface area contributed by atoms with E-state index in [1.807, 2.05) is 20.8 Å². The summed E-state index contributed by atoms with van der Waals surface area (Å²) in [5, 5.41) is 9.58. The first-order valence-corrected chi connectivity index (χ1v) is 4.47. The largest absolute Gasteiger partial charge is 0.508 e. The molecular formula is C11H16O2. The van der Waals surface area contributed by atoms with Crippen molar-refractivity contribution in [1.82, 2.24) is 0 Å². The Morgan fingerprint density at radius 3 is 2.38 bits per heavy atom. The lowest BCUT2D eigenvalue weighted by Crippen LogP contribution is -1.96. The molecule has 0 bridgehead atoms. The minimum Gasteiger partial charge on any atom is -0.508 e. The van der Waals surface area contributed by atoms with Gasteiger partial charge in [-0.2, -0.15) is 0 Å². The monoisotopic (exact) mass is 180 g/mol. The van der Waals surface area contributed by atoms with Crippen LogP contribution >= 0.6 is 0 Å². The quantitative estimate of drug-likeness (QED) is 0.758. The molecule has 1 N–H and O–H groups in total. The summed E-state index contributed by atoms with van der Waals surface area (Å²) in [6, 6.07) is 1.78. The molecule has 0 fully saturated rings. The number of phenolic OH excluding ortho intramolecular Hbond substituents is 1. The van der Waals surface area contributed by atoms with E-state index in [4.69, 9.17) is 4.74 Å². The van der Waals surface area contributed by atoms with Gasteiger partial charge < -0.3 is 9.84 Å². The van der Waals surface area contributed by atoms with E-state index in [-0.39, 0.29) is 0 Å². The molecule has 72 valence electrons. The summed E-state index contributed by atoms with van der Waals surface area (Å²) in [4.78, 5) is 0. The molecule has 0 saturated carbocycles. The van der Waals surface area contributed by atoms with Crippen molar-refractivity contribution >= 4 is 0 Å². The van der Waals surface area contributed by atoms with Crippen LogP contribution in [0, 0.1) is 13.8 Å². The summed E-state index contributed by atoms with van der Waals surface area (Å²) in [5.41, 5.74) is 2.98. The predicted molar refractivity (Wildman–Crippen MR) is 53.5 cm³/mol. The molecule has 0 aromatic heterocycles. The summed E-state index contributed by atoms with van der Waals surface area (Å²) in [5.74, 6) is 1.26. The van der Waals surface area contributed by atoms with Crippen molar-refractivity contribution in [3.05, 3.63) is 22.8 Å². The van der Waals surface area contributed by atoms with Crippen LogP contribution < -0.4 is 4.74 Å². The highest BCUT2D eigenvalue weighted by Crippen LogP contribution is 2.32. The Morgan fingerprint density at radius 2 is 1.92 bits per heavy atom. The number of rotatable bonds is 2. The molecule has 0 atom stereocenters. The zero-order valence-corrected chi connectivity index (χ0v) is 8.64. The van der Waals surface area contributed by atoms with Crippen molar-refractivity contribution in [2.24, 2.45) is 0 Å². The Balaban J connectivity index is 3.39. The van der Waals surface area contributed by atoms with Crippen LogP contribution in [0.4, 0.5) is 0 Å². The molecule has 0 spiro atoms. The number of aryl methyl sites for hydroxylation is 1. The van der Waals surface area contributed by atoms with Gasteiger partial charge in [0.1, 0.15) is 11.5 Å². The van der Waals surface area contributed by atoms with Gasteiger partial charge in [-0.15, -0.1) is 0 Å². The fourth-order valence-electron chi connectivity index (χ4n) is 1.49. The maximum Gasteiger partial charge on any atom is 0.125 e. The van der Waals surface area contributed by atoms with Crippen LogP contribution in [0.15, 0.2) is 6.07 Å². The maximum atomic E-state index is 9.58. The average molecular weight is 180 g/mol. The first-order valence-electron chi connectivity index (χ1n) is 4.47. The Morgan fingerprint density at radius 1 is 1.31 bits per heavy atom. The third kappa shape index (κ3) is 1.62. The van der Waals surface area contributed by atoms with Crippen molar-refractivity contribution in [3.8, 4) is 11.5 Å². The molecule has 0 aliphatic heterocycles. The molecule has 0 heterocycles. The zero-order chi connectivity index (χ0) is 10.0. The Hall–Kier alpha value is -1.18. The highest BCUT2D eigenvalue weighted by Gasteiger charge is 2.10. The Labute approximate surface area is 79.2 Å². The van der Waals surface area contributed by atoms with Gasteiger partial charge in [-0.05, 0) is 43.0 Å². The topological polar surface area (TPSA) is 29.5 Å². The first-order chi connectivity index (χ1) is 6.11. The van der Waals surface area contributed by atoms with E-state index < -0.39 is 0 Å². The Kier molecular flexibility index (Phi) is 2.81. The van der Waals surface area contributed by atoms with E-state index in [1.165, 1.54) is 0 Å². The molecule has 0 unspecified atom stereocenters. The number of phenols is 1. The summed E-state index contributed by atoms with van der Waals surface area (Å²) in [7, 11) is 1.66. The standard InChI is InChI=1S/C11H16O2/c1-5-9-6-10(12)7(2)8(3)11(9)13-4/h6,12H,5H2,1-4H3. The van der Waals surface area contributed by atoms with Crippen molar-refractivity contribution in [2.45, 2.75) is 27.2 Å². The van der Waals surface area contributed by atoms with Gasteiger partial charge in [-0.25, -0.2) is 0 Å².